The number of para-hydroxylation sites is 1. The van der Waals surface area contributed by atoms with Gasteiger partial charge in [0.15, 0.2) is 0 Å². The van der Waals surface area contributed by atoms with Crippen molar-refractivity contribution in [2.45, 2.75) is 51.7 Å². The number of ether oxygens (including phenoxy) is 1. The fraction of sp³-hybridized carbons (Fsp3) is 0.556. The van der Waals surface area contributed by atoms with Crippen LogP contribution in [-0.4, -0.2) is 19.3 Å². The molecule has 0 spiro atoms. The van der Waals surface area contributed by atoms with Crippen LogP contribution in [0, 0.1) is 0 Å². The molecule has 2 heterocycles. The first kappa shape index (κ1) is 14.6. The maximum Gasteiger partial charge on any atom is 0.134 e. The second kappa shape index (κ2) is 6.63. The molecule has 1 aromatic heterocycles. The van der Waals surface area contributed by atoms with E-state index in [1.165, 1.54) is 30.2 Å². The van der Waals surface area contributed by atoms with Crippen LogP contribution in [-0.2, 0) is 11.2 Å². The van der Waals surface area contributed by atoms with E-state index in [-0.39, 0.29) is 6.04 Å². The second-order valence-corrected chi connectivity index (χ2v) is 5.91. The molecule has 0 bridgehead atoms. The van der Waals surface area contributed by atoms with Crippen LogP contribution in [0.5, 0.6) is 0 Å². The lowest BCUT2D eigenvalue weighted by atomic mass is 10.0. The van der Waals surface area contributed by atoms with Crippen molar-refractivity contribution >= 4 is 11.0 Å². The van der Waals surface area contributed by atoms with Gasteiger partial charge in [0.25, 0.3) is 0 Å². The van der Waals surface area contributed by atoms with Crippen molar-refractivity contribution in [2.24, 2.45) is 0 Å². The lowest BCUT2D eigenvalue weighted by Crippen LogP contribution is -2.33. The Balaban J connectivity index is 1.72. The summed E-state index contributed by atoms with van der Waals surface area (Å²) < 4.78 is 11.9. The van der Waals surface area contributed by atoms with Crippen molar-refractivity contribution in [3.8, 4) is 0 Å². The van der Waals surface area contributed by atoms with E-state index in [0.717, 1.165) is 30.9 Å². The highest BCUT2D eigenvalue weighted by molar-refractivity contribution is 5.82. The largest absolute Gasteiger partial charge is 0.459 e. The number of furan rings is 1. The number of nitrogens with one attached hydrogen (secondary N) is 1. The molecule has 2 atom stereocenters. The Morgan fingerprint density at radius 2 is 2.14 bits per heavy atom. The third-order valence-corrected chi connectivity index (χ3v) is 4.40. The van der Waals surface area contributed by atoms with E-state index in [4.69, 9.17) is 9.15 Å². The summed E-state index contributed by atoms with van der Waals surface area (Å²) in [5, 5.41) is 4.83. The Morgan fingerprint density at radius 1 is 1.29 bits per heavy atom. The molecule has 1 fully saturated rings. The van der Waals surface area contributed by atoms with Crippen LogP contribution in [0.25, 0.3) is 11.0 Å². The van der Waals surface area contributed by atoms with Gasteiger partial charge in [0.05, 0.1) is 12.1 Å². The Hall–Kier alpha value is -1.32. The summed E-state index contributed by atoms with van der Waals surface area (Å²) >= 11 is 0. The van der Waals surface area contributed by atoms with E-state index < -0.39 is 0 Å². The molecule has 114 valence electrons. The van der Waals surface area contributed by atoms with Gasteiger partial charge in [-0.15, -0.1) is 0 Å². The van der Waals surface area contributed by atoms with Gasteiger partial charge < -0.3 is 14.5 Å². The molecule has 0 saturated carbocycles. The monoisotopic (exact) mass is 287 g/mol. The molecule has 1 aliphatic rings. The van der Waals surface area contributed by atoms with Gasteiger partial charge in [0.2, 0.25) is 0 Å². The Kier molecular flexibility index (Phi) is 4.61. The molecule has 1 N–H and O–H groups in total. The quantitative estimate of drug-likeness (QED) is 0.894. The standard InChI is InChI=1S/C18H25NO2/c1-3-15-16-9-4-5-10-17(16)21-18(15)13(2)19-12-14-8-6-7-11-20-14/h4-5,9-10,13-14,19H,3,6-8,11-12H2,1-2H3. The molecule has 3 nitrogen and oxygen atoms in total. The summed E-state index contributed by atoms with van der Waals surface area (Å²) in [6.45, 7) is 6.18. The van der Waals surface area contributed by atoms with Gasteiger partial charge in [0, 0.05) is 24.1 Å². The molecular weight excluding hydrogens is 262 g/mol. The normalized spacial score (nSPS) is 20.8. The van der Waals surface area contributed by atoms with Gasteiger partial charge in [-0.25, -0.2) is 0 Å². The highest BCUT2D eigenvalue weighted by atomic mass is 16.5. The van der Waals surface area contributed by atoms with E-state index >= 15 is 0 Å². The van der Waals surface area contributed by atoms with E-state index in [1.807, 2.05) is 6.07 Å². The average molecular weight is 287 g/mol. The minimum absolute atomic E-state index is 0.220. The fourth-order valence-corrected chi connectivity index (χ4v) is 3.20. The predicted molar refractivity (Wildman–Crippen MR) is 85.6 cm³/mol. The van der Waals surface area contributed by atoms with Crippen molar-refractivity contribution < 1.29 is 9.15 Å². The highest BCUT2D eigenvalue weighted by Gasteiger charge is 2.20. The molecule has 0 radical (unpaired) electrons. The highest BCUT2D eigenvalue weighted by Crippen LogP contribution is 2.30. The summed E-state index contributed by atoms with van der Waals surface area (Å²) in [5.74, 6) is 1.08. The molecule has 2 unspecified atom stereocenters. The van der Waals surface area contributed by atoms with Crippen LogP contribution in [0.15, 0.2) is 28.7 Å². The summed E-state index contributed by atoms with van der Waals surface area (Å²) in [6.07, 6.45) is 5.01. The molecular formula is C18H25NO2. The van der Waals surface area contributed by atoms with E-state index in [2.05, 4.69) is 37.4 Å². The first-order chi connectivity index (χ1) is 10.3. The van der Waals surface area contributed by atoms with Gasteiger partial charge in [0.1, 0.15) is 11.3 Å². The van der Waals surface area contributed by atoms with Crippen LogP contribution in [0.3, 0.4) is 0 Å². The molecule has 0 aliphatic carbocycles. The summed E-state index contributed by atoms with van der Waals surface area (Å²) in [5.41, 5.74) is 2.32. The lowest BCUT2D eigenvalue weighted by molar-refractivity contribution is 0.0153. The Morgan fingerprint density at radius 3 is 2.90 bits per heavy atom. The minimum atomic E-state index is 0.220. The topological polar surface area (TPSA) is 34.4 Å². The van der Waals surface area contributed by atoms with Crippen LogP contribution >= 0.6 is 0 Å². The molecule has 3 rings (SSSR count). The zero-order valence-electron chi connectivity index (χ0n) is 13.0. The summed E-state index contributed by atoms with van der Waals surface area (Å²) in [7, 11) is 0. The van der Waals surface area contributed by atoms with E-state index in [1.54, 1.807) is 0 Å². The Bertz CT molecular complexity index is 584. The van der Waals surface area contributed by atoms with Gasteiger partial charge in [-0.2, -0.15) is 0 Å². The Labute approximate surface area is 126 Å². The average Bonchev–Trinajstić information content (AvgIpc) is 2.92. The smallest absolute Gasteiger partial charge is 0.134 e. The van der Waals surface area contributed by atoms with Crippen molar-refractivity contribution in [1.29, 1.82) is 0 Å². The molecule has 21 heavy (non-hydrogen) atoms. The first-order valence-electron chi connectivity index (χ1n) is 8.15. The molecule has 3 heteroatoms. The SMILES string of the molecule is CCc1c(C(C)NCC2CCCCO2)oc2ccccc12. The molecule has 1 aromatic carbocycles. The zero-order valence-corrected chi connectivity index (χ0v) is 13.0. The number of fused-ring (bicyclic) bond motifs is 1. The van der Waals surface area contributed by atoms with Crippen molar-refractivity contribution in [1.82, 2.24) is 5.32 Å². The van der Waals surface area contributed by atoms with Gasteiger partial charge in [-0.1, -0.05) is 25.1 Å². The maximum atomic E-state index is 6.09. The summed E-state index contributed by atoms with van der Waals surface area (Å²) in [4.78, 5) is 0. The first-order valence-corrected chi connectivity index (χ1v) is 8.15. The molecule has 1 aliphatic heterocycles. The molecule has 1 saturated heterocycles. The number of rotatable bonds is 5. The van der Waals surface area contributed by atoms with Crippen LogP contribution < -0.4 is 5.32 Å². The number of benzene rings is 1. The molecule has 0 amide bonds. The summed E-state index contributed by atoms with van der Waals surface area (Å²) in [6, 6.07) is 8.53. The van der Waals surface area contributed by atoms with E-state index in [0.29, 0.717) is 6.10 Å². The predicted octanol–water partition coefficient (Wildman–Crippen LogP) is 4.21. The number of aryl methyl sites for hydroxylation is 1. The molecule has 2 aromatic rings. The van der Waals surface area contributed by atoms with Crippen molar-refractivity contribution in [2.75, 3.05) is 13.2 Å². The van der Waals surface area contributed by atoms with Crippen molar-refractivity contribution in [3.63, 3.8) is 0 Å². The second-order valence-electron chi connectivity index (χ2n) is 5.91. The number of hydrogen-bond donors (Lipinski definition) is 1. The number of hydrogen-bond acceptors (Lipinski definition) is 3. The lowest BCUT2D eigenvalue weighted by Gasteiger charge is -2.24. The zero-order chi connectivity index (χ0) is 14.7. The third kappa shape index (κ3) is 3.14. The van der Waals surface area contributed by atoms with Crippen LogP contribution in [0.2, 0.25) is 0 Å². The maximum absolute atomic E-state index is 6.09. The fourth-order valence-electron chi connectivity index (χ4n) is 3.20. The third-order valence-electron chi connectivity index (χ3n) is 4.40. The van der Waals surface area contributed by atoms with Gasteiger partial charge >= 0.3 is 0 Å². The van der Waals surface area contributed by atoms with Crippen molar-refractivity contribution in [3.05, 3.63) is 35.6 Å². The van der Waals surface area contributed by atoms with Crippen LogP contribution in [0.4, 0.5) is 0 Å². The van der Waals surface area contributed by atoms with Crippen LogP contribution in [0.1, 0.15) is 50.5 Å². The van der Waals surface area contributed by atoms with E-state index in [9.17, 15) is 0 Å². The van der Waals surface area contributed by atoms with Gasteiger partial charge in [-0.3, -0.25) is 0 Å². The van der Waals surface area contributed by atoms with Gasteiger partial charge in [-0.05, 0) is 38.7 Å². The minimum Gasteiger partial charge on any atom is -0.459 e.